The van der Waals surface area contributed by atoms with Gasteiger partial charge in [0, 0.05) is 35.0 Å². The summed E-state index contributed by atoms with van der Waals surface area (Å²) in [5.74, 6) is 1.13. The maximum absolute atomic E-state index is 14.7. The fraction of sp³-hybridized carbons (Fsp3) is 0.179. The van der Waals surface area contributed by atoms with Crippen LogP contribution in [-0.2, 0) is 6.42 Å². The van der Waals surface area contributed by atoms with E-state index >= 15 is 0 Å². The minimum atomic E-state index is -0.474. The molecule has 1 saturated carbocycles. The molecule has 4 N–H and O–H groups in total. The lowest BCUT2D eigenvalue weighted by Crippen LogP contribution is -2.03. The summed E-state index contributed by atoms with van der Waals surface area (Å²) in [6.07, 6.45) is 4.45. The minimum absolute atomic E-state index is 0.105. The van der Waals surface area contributed by atoms with Crippen LogP contribution in [0.4, 0.5) is 20.4 Å². The molecule has 7 aromatic rings. The third-order valence-electron chi connectivity index (χ3n) is 8.68. The van der Waals surface area contributed by atoms with E-state index in [1.807, 2.05) is 91.0 Å². The summed E-state index contributed by atoms with van der Waals surface area (Å²) in [4.78, 5) is 0. The van der Waals surface area contributed by atoms with Gasteiger partial charge in [0.2, 0.25) is 0 Å². The molecule has 0 unspecified atom stereocenters. The van der Waals surface area contributed by atoms with Crippen LogP contribution in [0, 0.1) is 17.6 Å². The molecule has 0 atom stereocenters. The number of hydrogen-bond acceptors (Lipinski definition) is 4. The number of aromatic nitrogens is 4. The highest BCUT2D eigenvalue weighted by Crippen LogP contribution is 2.38. The largest absolute Gasteiger partial charge is 0.368 e. The standard InChI is InChI=1S/C22H19ClFN3.C17H15ClFN3/c23-19-17(16-11-5-2-6-12-16)14-18-21(20(19)24)26-27-22(18)25-13-7-10-15-8-3-1-4-9-15;18-14-12(11-4-2-1-3-5-11)8-13-16(15(14)19)21-22-17(13)20-9-10-6-7-10/h1-6,8-9,11-12,14H,7,10,13H2,(H2,25,26,27);1-5,8,10H,6-7,9H2,(H2,20,21,22). The second-order valence-corrected chi connectivity index (χ2v) is 12.9. The molecule has 6 nitrogen and oxygen atoms in total. The van der Waals surface area contributed by atoms with Gasteiger partial charge in [0.05, 0.1) is 10.0 Å². The molecule has 5 aromatic carbocycles. The Hall–Kier alpha value is -4.92. The van der Waals surface area contributed by atoms with Gasteiger partial charge in [-0.3, -0.25) is 10.2 Å². The number of nitrogens with one attached hydrogen (secondary N) is 4. The Balaban J connectivity index is 0.000000157. The molecule has 49 heavy (non-hydrogen) atoms. The summed E-state index contributed by atoms with van der Waals surface area (Å²) >= 11 is 12.5. The number of fused-ring (bicyclic) bond motifs is 2. The summed E-state index contributed by atoms with van der Waals surface area (Å²) in [7, 11) is 0. The van der Waals surface area contributed by atoms with E-state index in [1.54, 1.807) is 0 Å². The zero-order valence-electron chi connectivity index (χ0n) is 26.5. The van der Waals surface area contributed by atoms with Crippen LogP contribution in [-0.4, -0.2) is 33.5 Å². The lowest BCUT2D eigenvalue weighted by Gasteiger charge is -2.08. The third kappa shape index (κ3) is 7.26. The third-order valence-corrected chi connectivity index (χ3v) is 9.42. The molecule has 10 heteroatoms. The molecule has 0 spiro atoms. The van der Waals surface area contributed by atoms with Crippen molar-refractivity contribution in [1.82, 2.24) is 20.4 Å². The van der Waals surface area contributed by atoms with Crippen LogP contribution in [0.2, 0.25) is 10.0 Å². The van der Waals surface area contributed by atoms with Crippen LogP contribution in [0.3, 0.4) is 0 Å². The second kappa shape index (κ2) is 14.7. The van der Waals surface area contributed by atoms with Crippen LogP contribution in [0.15, 0.2) is 103 Å². The summed E-state index contributed by atoms with van der Waals surface area (Å²) in [5.41, 5.74) is 5.09. The second-order valence-electron chi connectivity index (χ2n) is 12.2. The van der Waals surface area contributed by atoms with Gasteiger partial charge in [-0.1, -0.05) is 114 Å². The number of benzene rings is 5. The van der Waals surface area contributed by atoms with Crippen LogP contribution in [0.5, 0.6) is 0 Å². The van der Waals surface area contributed by atoms with Gasteiger partial charge in [-0.2, -0.15) is 10.2 Å². The maximum atomic E-state index is 14.7. The number of nitrogens with zero attached hydrogens (tertiary/aromatic N) is 2. The molecule has 1 aliphatic rings. The van der Waals surface area contributed by atoms with Gasteiger partial charge in [-0.25, -0.2) is 8.78 Å². The number of rotatable bonds is 10. The number of anilines is 2. The van der Waals surface area contributed by atoms with E-state index in [0.717, 1.165) is 48.4 Å². The van der Waals surface area contributed by atoms with Crippen molar-refractivity contribution in [3.05, 3.63) is 130 Å². The van der Waals surface area contributed by atoms with Gasteiger partial charge in [0.1, 0.15) is 11.0 Å². The number of aromatic amines is 2. The molecule has 2 heterocycles. The SMILES string of the molecule is Fc1c(Cl)c(-c2ccccc2)cc2c(NCC3CC3)n[nH]c12.Fc1c(Cl)c(-c2ccccc2)cc2c(NCCCc3ccccc3)n[nH]c12. The zero-order valence-corrected chi connectivity index (χ0v) is 28.1. The first kappa shape index (κ1) is 32.6. The van der Waals surface area contributed by atoms with E-state index in [9.17, 15) is 8.78 Å². The van der Waals surface area contributed by atoms with Crippen molar-refractivity contribution in [3.63, 3.8) is 0 Å². The van der Waals surface area contributed by atoms with Crippen LogP contribution >= 0.6 is 23.2 Å². The highest BCUT2D eigenvalue weighted by atomic mass is 35.5. The van der Waals surface area contributed by atoms with Crippen LogP contribution < -0.4 is 10.6 Å². The highest BCUT2D eigenvalue weighted by Gasteiger charge is 2.23. The fourth-order valence-electron chi connectivity index (χ4n) is 5.82. The number of hydrogen-bond donors (Lipinski definition) is 4. The normalized spacial score (nSPS) is 12.6. The number of halogens is 4. The molecule has 8 rings (SSSR count). The summed E-state index contributed by atoms with van der Waals surface area (Å²) in [5, 5.41) is 22.2. The Kier molecular flexibility index (Phi) is 9.77. The van der Waals surface area contributed by atoms with E-state index < -0.39 is 11.6 Å². The summed E-state index contributed by atoms with van der Waals surface area (Å²) in [6.45, 7) is 1.63. The first-order valence-corrected chi connectivity index (χ1v) is 17.1. The Morgan fingerprint density at radius 1 is 0.653 bits per heavy atom. The predicted molar refractivity (Wildman–Crippen MR) is 197 cm³/mol. The average Bonchev–Trinajstić information content (AvgIpc) is 3.75. The highest BCUT2D eigenvalue weighted by molar-refractivity contribution is 6.35. The summed E-state index contributed by atoms with van der Waals surface area (Å²) < 4.78 is 29.3. The zero-order chi connectivity index (χ0) is 33.7. The van der Waals surface area contributed by atoms with E-state index in [0.29, 0.717) is 39.2 Å². The molecular weight excluding hydrogens is 661 g/mol. The minimum Gasteiger partial charge on any atom is -0.368 e. The summed E-state index contributed by atoms with van der Waals surface area (Å²) in [6, 6.07) is 33.3. The van der Waals surface area contributed by atoms with Crippen LogP contribution in [0.25, 0.3) is 44.1 Å². The lowest BCUT2D eigenvalue weighted by molar-refractivity contribution is 0.637. The van der Waals surface area contributed by atoms with Crippen molar-refractivity contribution in [2.75, 3.05) is 23.7 Å². The van der Waals surface area contributed by atoms with E-state index in [-0.39, 0.29) is 10.0 Å². The number of H-pyrrole nitrogens is 2. The Bertz CT molecular complexity index is 2180. The monoisotopic (exact) mass is 694 g/mol. The Morgan fingerprint density at radius 2 is 1.12 bits per heavy atom. The molecule has 0 saturated heterocycles. The Morgan fingerprint density at radius 3 is 1.61 bits per heavy atom. The predicted octanol–water partition coefficient (Wildman–Crippen LogP) is 10.9. The molecule has 1 aliphatic carbocycles. The van der Waals surface area contributed by atoms with Gasteiger partial charge < -0.3 is 10.6 Å². The van der Waals surface area contributed by atoms with Crippen molar-refractivity contribution in [1.29, 1.82) is 0 Å². The molecule has 0 amide bonds. The van der Waals surface area contributed by atoms with Crippen molar-refractivity contribution in [2.45, 2.75) is 25.7 Å². The van der Waals surface area contributed by atoms with Crippen molar-refractivity contribution >= 4 is 56.6 Å². The van der Waals surface area contributed by atoms with Gasteiger partial charge in [-0.15, -0.1) is 0 Å². The molecule has 2 aromatic heterocycles. The lowest BCUT2D eigenvalue weighted by atomic mass is 10.0. The molecule has 0 radical (unpaired) electrons. The van der Waals surface area contributed by atoms with Gasteiger partial charge in [0.15, 0.2) is 23.3 Å². The maximum Gasteiger partial charge on any atom is 0.168 e. The van der Waals surface area contributed by atoms with Crippen molar-refractivity contribution < 1.29 is 8.78 Å². The van der Waals surface area contributed by atoms with Crippen molar-refractivity contribution in [3.8, 4) is 22.3 Å². The molecule has 0 bridgehead atoms. The fourth-order valence-corrected chi connectivity index (χ4v) is 6.34. The van der Waals surface area contributed by atoms with E-state index in [2.05, 4.69) is 43.2 Å². The molecule has 1 fully saturated rings. The smallest absolute Gasteiger partial charge is 0.168 e. The van der Waals surface area contributed by atoms with Gasteiger partial charge >= 0.3 is 0 Å². The van der Waals surface area contributed by atoms with Crippen LogP contribution in [0.1, 0.15) is 24.8 Å². The molecule has 0 aliphatic heterocycles. The number of aryl methyl sites for hydroxylation is 1. The average molecular weight is 696 g/mol. The molecule has 248 valence electrons. The van der Waals surface area contributed by atoms with Gasteiger partial charge in [0.25, 0.3) is 0 Å². The topological polar surface area (TPSA) is 81.4 Å². The van der Waals surface area contributed by atoms with E-state index in [4.69, 9.17) is 23.2 Å². The molecular formula is C39H34Cl2F2N6. The van der Waals surface area contributed by atoms with Gasteiger partial charge in [-0.05, 0) is 60.4 Å². The first-order chi connectivity index (χ1) is 24.0. The quantitative estimate of drug-likeness (QED) is 0.107. The van der Waals surface area contributed by atoms with Crippen molar-refractivity contribution in [2.24, 2.45) is 5.92 Å². The Labute approximate surface area is 292 Å². The first-order valence-electron chi connectivity index (χ1n) is 16.3. The van der Waals surface area contributed by atoms with E-state index in [1.165, 1.54) is 18.4 Å².